The molecule has 1 aromatic carbocycles. The minimum Gasteiger partial charge on any atom is -0.361 e. The molecule has 3 heteroatoms. The number of fused-ring (bicyclic) bond motifs is 1. The number of aromatic nitrogens is 1. The Morgan fingerprint density at radius 2 is 2.13 bits per heavy atom. The molecule has 1 N–H and O–H groups in total. The molecule has 1 aliphatic heterocycles. The van der Waals surface area contributed by atoms with Gasteiger partial charge in [0.15, 0.2) is 0 Å². The van der Waals surface area contributed by atoms with Crippen molar-refractivity contribution in [2.45, 2.75) is 57.4 Å². The van der Waals surface area contributed by atoms with Crippen molar-refractivity contribution in [3.63, 3.8) is 0 Å². The molecule has 1 saturated heterocycles. The van der Waals surface area contributed by atoms with Gasteiger partial charge in [-0.3, -0.25) is 0 Å². The van der Waals surface area contributed by atoms with Crippen LogP contribution in [0.4, 0.5) is 0 Å². The first-order chi connectivity index (χ1) is 11.0. The van der Waals surface area contributed by atoms with Crippen molar-refractivity contribution in [1.29, 1.82) is 0 Å². The van der Waals surface area contributed by atoms with E-state index in [0.29, 0.717) is 11.5 Å². The summed E-state index contributed by atoms with van der Waals surface area (Å²) < 4.78 is 0. The van der Waals surface area contributed by atoms with Crippen molar-refractivity contribution in [3.05, 3.63) is 30.0 Å². The Balaban J connectivity index is 1.73. The van der Waals surface area contributed by atoms with Gasteiger partial charge in [0.05, 0.1) is 0 Å². The van der Waals surface area contributed by atoms with Crippen LogP contribution in [0.15, 0.2) is 29.3 Å². The van der Waals surface area contributed by atoms with Crippen LogP contribution in [0.2, 0.25) is 0 Å². The maximum absolute atomic E-state index is 3.46. The van der Waals surface area contributed by atoms with Crippen molar-refractivity contribution in [2.24, 2.45) is 5.41 Å². The van der Waals surface area contributed by atoms with E-state index in [-0.39, 0.29) is 0 Å². The summed E-state index contributed by atoms with van der Waals surface area (Å²) in [5.74, 6) is 0. The standard InChI is InChI=1S/C20H30N2S/c1-20(2,3)9-11-22-10-5-6-16(22)12-15-14-21-19-8-7-17(23-4)13-18(15)19/h7-8,13-14,16,21H,5-6,9-12H2,1-4H3/t16-/m1/s1. The highest BCUT2D eigenvalue weighted by molar-refractivity contribution is 7.98. The normalized spacial score (nSPS) is 19.7. The maximum atomic E-state index is 3.46. The second kappa shape index (κ2) is 6.90. The molecule has 2 aromatic rings. The van der Waals surface area contributed by atoms with E-state index in [0.717, 1.165) is 0 Å². The minimum absolute atomic E-state index is 0.432. The number of thioether (sulfide) groups is 1. The van der Waals surface area contributed by atoms with E-state index in [9.17, 15) is 0 Å². The molecule has 0 saturated carbocycles. The molecule has 1 fully saturated rings. The number of likely N-dealkylation sites (tertiary alicyclic amines) is 1. The number of nitrogens with one attached hydrogen (secondary N) is 1. The quantitative estimate of drug-likeness (QED) is 0.747. The van der Waals surface area contributed by atoms with E-state index >= 15 is 0 Å². The molecular formula is C20H30N2S. The van der Waals surface area contributed by atoms with Crippen LogP contribution in [-0.4, -0.2) is 35.3 Å². The fraction of sp³-hybridized carbons (Fsp3) is 0.600. The average molecular weight is 331 g/mol. The molecule has 0 spiro atoms. The molecule has 126 valence electrons. The summed E-state index contributed by atoms with van der Waals surface area (Å²) in [5.41, 5.74) is 3.20. The first kappa shape index (κ1) is 16.9. The van der Waals surface area contributed by atoms with E-state index in [2.05, 4.69) is 61.3 Å². The van der Waals surface area contributed by atoms with Crippen LogP contribution < -0.4 is 0 Å². The fourth-order valence-electron chi connectivity index (χ4n) is 3.61. The maximum Gasteiger partial charge on any atom is 0.0457 e. The van der Waals surface area contributed by atoms with E-state index in [4.69, 9.17) is 0 Å². The van der Waals surface area contributed by atoms with E-state index < -0.39 is 0 Å². The second-order valence-corrected chi connectivity index (χ2v) is 8.95. The Hall–Kier alpha value is -0.930. The number of rotatable bonds is 5. The zero-order valence-electron chi connectivity index (χ0n) is 15.0. The van der Waals surface area contributed by atoms with Gasteiger partial charge in [-0.15, -0.1) is 11.8 Å². The smallest absolute Gasteiger partial charge is 0.0457 e. The molecule has 0 bridgehead atoms. The summed E-state index contributed by atoms with van der Waals surface area (Å²) >= 11 is 1.83. The largest absolute Gasteiger partial charge is 0.361 e. The Bertz CT molecular complexity index is 653. The van der Waals surface area contributed by atoms with Crippen LogP contribution in [0.3, 0.4) is 0 Å². The lowest BCUT2D eigenvalue weighted by Crippen LogP contribution is -2.33. The predicted octanol–water partition coefficient (Wildman–Crippen LogP) is 5.33. The summed E-state index contributed by atoms with van der Waals surface area (Å²) in [5, 5.41) is 1.42. The molecule has 1 atom stereocenters. The Morgan fingerprint density at radius 1 is 1.30 bits per heavy atom. The molecular weight excluding hydrogens is 300 g/mol. The number of benzene rings is 1. The minimum atomic E-state index is 0.432. The zero-order chi connectivity index (χ0) is 16.4. The molecule has 2 heterocycles. The zero-order valence-corrected chi connectivity index (χ0v) is 15.8. The van der Waals surface area contributed by atoms with Crippen LogP contribution in [-0.2, 0) is 6.42 Å². The Kier molecular flexibility index (Phi) is 5.07. The van der Waals surface area contributed by atoms with Gasteiger partial charge in [-0.1, -0.05) is 20.8 Å². The molecule has 1 aromatic heterocycles. The highest BCUT2D eigenvalue weighted by Crippen LogP contribution is 2.29. The van der Waals surface area contributed by atoms with Gasteiger partial charge >= 0.3 is 0 Å². The lowest BCUT2D eigenvalue weighted by atomic mass is 9.92. The van der Waals surface area contributed by atoms with Gasteiger partial charge in [0.1, 0.15) is 0 Å². The van der Waals surface area contributed by atoms with Crippen molar-refractivity contribution in [1.82, 2.24) is 9.88 Å². The monoisotopic (exact) mass is 330 g/mol. The molecule has 23 heavy (non-hydrogen) atoms. The van der Waals surface area contributed by atoms with Gasteiger partial charge < -0.3 is 9.88 Å². The highest BCUT2D eigenvalue weighted by Gasteiger charge is 2.26. The third kappa shape index (κ3) is 4.13. The van der Waals surface area contributed by atoms with Crippen molar-refractivity contribution < 1.29 is 0 Å². The van der Waals surface area contributed by atoms with Gasteiger partial charge in [0, 0.05) is 28.0 Å². The van der Waals surface area contributed by atoms with E-state index in [1.54, 1.807) is 0 Å². The van der Waals surface area contributed by atoms with Crippen molar-refractivity contribution in [3.8, 4) is 0 Å². The summed E-state index contributed by atoms with van der Waals surface area (Å²) in [4.78, 5) is 7.54. The van der Waals surface area contributed by atoms with E-state index in [1.807, 2.05) is 11.8 Å². The predicted molar refractivity (Wildman–Crippen MR) is 102 cm³/mol. The fourth-order valence-corrected chi connectivity index (χ4v) is 4.05. The van der Waals surface area contributed by atoms with Crippen LogP contribution in [0.1, 0.15) is 45.6 Å². The molecule has 0 radical (unpaired) electrons. The van der Waals surface area contributed by atoms with Crippen LogP contribution in [0, 0.1) is 5.41 Å². The SMILES string of the molecule is CSc1ccc2[nH]cc(C[C@H]3CCCN3CCC(C)(C)C)c2c1. The van der Waals surface area contributed by atoms with Crippen LogP contribution >= 0.6 is 11.8 Å². The van der Waals surface area contributed by atoms with E-state index in [1.165, 1.54) is 60.1 Å². The summed E-state index contributed by atoms with van der Waals surface area (Å²) in [7, 11) is 0. The van der Waals surface area contributed by atoms with Gasteiger partial charge in [-0.2, -0.15) is 0 Å². The molecule has 2 nitrogen and oxygen atoms in total. The molecule has 0 unspecified atom stereocenters. The molecule has 0 aliphatic carbocycles. The van der Waals surface area contributed by atoms with Crippen molar-refractivity contribution >= 4 is 22.7 Å². The molecule has 1 aliphatic rings. The topological polar surface area (TPSA) is 19.0 Å². The van der Waals surface area contributed by atoms with Gasteiger partial charge in [0.2, 0.25) is 0 Å². The lowest BCUT2D eigenvalue weighted by Gasteiger charge is -2.28. The first-order valence-corrected chi connectivity index (χ1v) is 10.1. The third-order valence-electron chi connectivity index (χ3n) is 5.08. The molecule has 0 amide bonds. The third-order valence-corrected chi connectivity index (χ3v) is 5.80. The summed E-state index contributed by atoms with van der Waals surface area (Å²) in [6.45, 7) is 9.57. The number of hydrogen-bond acceptors (Lipinski definition) is 2. The summed E-state index contributed by atoms with van der Waals surface area (Å²) in [6.07, 6.45) is 9.55. The number of nitrogens with zero attached hydrogens (tertiary/aromatic N) is 1. The van der Waals surface area contributed by atoms with Crippen LogP contribution in [0.25, 0.3) is 10.9 Å². The Labute approximate surface area is 145 Å². The number of H-pyrrole nitrogens is 1. The van der Waals surface area contributed by atoms with Gasteiger partial charge in [-0.25, -0.2) is 0 Å². The lowest BCUT2D eigenvalue weighted by molar-refractivity contribution is 0.212. The van der Waals surface area contributed by atoms with Gasteiger partial charge in [-0.05, 0) is 74.2 Å². The Morgan fingerprint density at radius 3 is 2.87 bits per heavy atom. The highest BCUT2D eigenvalue weighted by atomic mass is 32.2. The number of hydrogen-bond donors (Lipinski definition) is 1. The van der Waals surface area contributed by atoms with Crippen molar-refractivity contribution in [2.75, 3.05) is 19.3 Å². The second-order valence-electron chi connectivity index (χ2n) is 8.07. The van der Waals surface area contributed by atoms with Gasteiger partial charge in [0.25, 0.3) is 0 Å². The first-order valence-electron chi connectivity index (χ1n) is 8.84. The number of aromatic amines is 1. The average Bonchev–Trinajstić information content (AvgIpc) is 3.11. The summed E-state index contributed by atoms with van der Waals surface area (Å²) in [6, 6.07) is 7.49. The van der Waals surface area contributed by atoms with Crippen LogP contribution in [0.5, 0.6) is 0 Å². The molecule has 3 rings (SSSR count).